The minimum atomic E-state index is -0.382. The molecule has 110 valence electrons. The van der Waals surface area contributed by atoms with E-state index in [1.54, 1.807) is 29.0 Å². The van der Waals surface area contributed by atoms with Crippen LogP contribution in [0.1, 0.15) is 43.7 Å². The normalized spacial score (nSPS) is 20.5. The molecule has 2 aliphatic rings. The molecular weight excluding hydrogens is 286 g/mol. The van der Waals surface area contributed by atoms with E-state index >= 15 is 0 Å². The van der Waals surface area contributed by atoms with Crippen molar-refractivity contribution in [1.82, 2.24) is 9.55 Å². The van der Waals surface area contributed by atoms with E-state index in [2.05, 4.69) is 9.98 Å². The van der Waals surface area contributed by atoms with Gasteiger partial charge in [-0.2, -0.15) is 0 Å². The third-order valence-corrected chi connectivity index (χ3v) is 4.26. The molecule has 1 aliphatic heterocycles. The smallest absolute Gasteiger partial charge is 0.262 e. The lowest BCUT2D eigenvalue weighted by molar-refractivity contribution is 0.302. The van der Waals surface area contributed by atoms with Gasteiger partial charge in [0.15, 0.2) is 4.77 Å². The van der Waals surface area contributed by atoms with Gasteiger partial charge in [0.05, 0.1) is 5.70 Å². The van der Waals surface area contributed by atoms with Crippen molar-refractivity contribution in [2.45, 2.75) is 38.1 Å². The second-order valence-corrected chi connectivity index (χ2v) is 5.75. The molecule has 1 fully saturated rings. The number of H-pyrrole nitrogens is 1. The van der Waals surface area contributed by atoms with Crippen LogP contribution >= 0.6 is 12.2 Å². The monoisotopic (exact) mass is 303 g/mol. The van der Waals surface area contributed by atoms with E-state index in [1.165, 1.54) is 6.42 Å². The predicted molar refractivity (Wildman–Crippen MR) is 85.3 cm³/mol. The summed E-state index contributed by atoms with van der Waals surface area (Å²) in [7, 11) is 0. The minimum Gasteiger partial charge on any atom is -0.494 e. The molecule has 0 saturated heterocycles. The van der Waals surface area contributed by atoms with E-state index in [4.69, 9.17) is 12.2 Å². The summed E-state index contributed by atoms with van der Waals surface area (Å²) in [4.78, 5) is 18.8. The van der Waals surface area contributed by atoms with Crippen molar-refractivity contribution in [1.29, 1.82) is 0 Å². The molecular formula is C15H17N3O2S. The first kappa shape index (κ1) is 14.0. The number of aromatic hydroxyl groups is 1. The van der Waals surface area contributed by atoms with E-state index in [1.807, 2.05) is 0 Å². The highest BCUT2D eigenvalue weighted by Gasteiger charge is 2.21. The number of aromatic amines is 1. The molecule has 0 radical (unpaired) electrons. The zero-order valence-electron chi connectivity index (χ0n) is 11.6. The Hall–Kier alpha value is -1.95. The molecule has 0 unspecified atom stereocenters. The van der Waals surface area contributed by atoms with Crippen LogP contribution in [0.4, 0.5) is 0 Å². The number of hydrogen-bond donors (Lipinski definition) is 2. The maximum atomic E-state index is 12.1. The van der Waals surface area contributed by atoms with E-state index in [0.29, 0.717) is 5.70 Å². The Balaban J connectivity index is 2.11. The molecule has 1 saturated carbocycles. The van der Waals surface area contributed by atoms with E-state index in [-0.39, 0.29) is 27.8 Å². The van der Waals surface area contributed by atoms with Crippen molar-refractivity contribution < 1.29 is 5.11 Å². The first-order valence-electron chi connectivity index (χ1n) is 7.17. The summed E-state index contributed by atoms with van der Waals surface area (Å²) in [5.74, 6) is -0.0568. The van der Waals surface area contributed by atoms with E-state index in [9.17, 15) is 9.90 Å². The van der Waals surface area contributed by atoms with Crippen molar-refractivity contribution in [2.24, 2.45) is 4.99 Å². The average molecular weight is 303 g/mol. The lowest BCUT2D eigenvalue weighted by Crippen LogP contribution is -2.21. The molecule has 2 heterocycles. The Bertz CT molecular complexity index is 735. The molecule has 0 atom stereocenters. The summed E-state index contributed by atoms with van der Waals surface area (Å²) >= 11 is 5.23. The lowest BCUT2D eigenvalue weighted by Gasteiger charge is -2.25. The Morgan fingerprint density at radius 2 is 2.14 bits per heavy atom. The zero-order valence-corrected chi connectivity index (χ0v) is 12.4. The number of aromatic nitrogens is 2. The molecule has 0 amide bonds. The molecule has 1 aromatic rings. The van der Waals surface area contributed by atoms with Crippen LogP contribution in [-0.2, 0) is 0 Å². The fourth-order valence-corrected chi connectivity index (χ4v) is 3.24. The highest BCUT2D eigenvalue weighted by Crippen LogP contribution is 2.32. The number of nitrogens with one attached hydrogen (secondary N) is 1. The highest BCUT2D eigenvalue weighted by molar-refractivity contribution is 7.71. The van der Waals surface area contributed by atoms with Gasteiger partial charge >= 0.3 is 0 Å². The summed E-state index contributed by atoms with van der Waals surface area (Å²) in [5.41, 5.74) is 0.476. The van der Waals surface area contributed by atoms with Gasteiger partial charge in [-0.15, -0.1) is 0 Å². The standard InChI is InChI=1S/C15H17N3O2S/c19-13-12(9-10-5-4-8-16-10)14(20)18(15(21)17-13)11-6-2-1-3-7-11/h4-5,8-9,11,20H,1-3,6-7H2,(H,17,19,21). The number of allylic oxidation sites excluding steroid dienone is 2. The number of hydrogen-bond acceptors (Lipinski definition) is 4. The van der Waals surface area contributed by atoms with Gasteiger partial charge in [-0.3, -0.25) is 19.3 Å². The van der Waals surface area contributed by atoms with Gasteiger partial charge in [-0.25, -0.2) is 0 Å². The third-order valence-electron chi connectivity index (χ3n) is 3.96. The molecule has 0 aromatic carbocycles. The van der Waals surface area contributed by atoms with Crippen molar-refractivity contribution in [2.75, 3.05) is 0 Å². The molecule has 21 heavy (non-hydrogen) atoms. The number of nitrogens with zero attached hydrogens (tertiary/aromatic N) is 2. The summed E-state index contributed by atoms with van der Waals surface area (Å²) in [6, 6.07) is 0.155. The first-order chi connectivity index (χ1) is 10.2. The van der Waals surface area contributed by atoms with Crippen LogP contribution in [0.5, 0.6) is 5.88 Å². The highest BCUT2D eigenvalue weighted by atomic mass is 32.1. The van der Waals surface area contributed by atoms with Gasteiger partial charge < -0.3 is 5.11 Å². The maximum absolute atomic E-state index is 12.1. The quantitative estimate of drug-likeness (QED) is 0.825. The molecule has 6 heteroatoms. The van der Waals surface area contributed by atoms with Gasteiger partial charge in [0.1, 0.15) is 5.56 Å². The zero-order chi connectivity index (χ0) is 14.8. The van der Waals surface area contributed by atoms with Crippen molar-refractivity contribution >= 4 is 24.5 Å². The number of rotatable bonds is 2. The second-order valence-electron chi connectivity index (χ2n) is 5.36. The Morgan fingerprint density at radius 1 is 1.38 bits per heavy atom. The van der Waals surface area contributed by atoms with Crippen LogP contribution in [0.15, 0.2) is 27.6 Å². The molecule has 1 aliphatic carbocycles. The molecule has 5 nitrogen and oxygen atoms in total. The minimum absolute atomic E-state index is 0.0568. The van der Waals surface area contributed by atoms with E-state index < -0.39 is 0 Å². The fraction of sp³-hybridized carbons (Fsp3) is 0.400. The Morgan fingerprint density at radius 3 is 2.81 bits per heavy atom. The van der Waals surface area contributed by atoms with Gasteiger partial charge in [0, 0.05) is 12.3 Å². The van der Waals surface area contributed by atoms with Crippen molar-refractivity contribution in [3.8, 4) is 5.88 Å². The third kappa shape index (κ3) is 2.76. The SMILES string of the molecule is O=c1[nH]c(=S)n(C2CCCCC2)c(O)c1C=C1C=CC=N1. The topological polar surface area (TPSA) is 70.4 Å². The van der Waals surface area contributed by atoms with Gasteiger partial charge in [-0.1, -0.05) is 19.3 Å². The Labute approximate surface area is 127 Å². The van der Waals surface area contributed by atoms with Crippen molar-refractivity contribution in [3.05, 3.63) is 38.5 Å². The number of aliphatic imine (C=N–C) groups is 1. The van der Waals surface area contributed by atoms with Crippen LogP contribution in [0.25, 0.3) is 6.08 Å². The molecule has 3 rings (SSSR count). The second kappa shape index (κ2) is 5.81. The average Bonchev–Trinajstić information content (AvgIpc) is 2.97. The van der Waals surface area contributed by atoms with Gasteiger partial charge in [0.2, 0.25) is 5.88 Å². The lowest BCUT2D eigenvalue weighted by atomic mass is 9.95. The summed E-state index contributed by atoms with van der Waals surface area (Å²) in [5, 5.41) is 10.5. The first-order valence-corrected chi connectivity index (χ1v) is 7.58. The summed E-state index contributed by atoms with van der Waals surface area (Å²) in [6.07, 6.45) is 12.2. The molecule has 0 bridgehead atoms. The Kier molecular flexibility index (Phi) is 3.88. The van der Waals surface area contributed by atoms with Crippen molar-refractivity contribution in [3.63, 3.8) is 0 Å². The maximum Gasteiger partial charge on any atom is 0.262 e. The van der Waals surface area contributed by atoms with Crippen LogP contribution in [-0.4, -0.2) is 20.9 Å². The summed E-state index contributed by atoms with van der Waals surface area (Å²) in [6.45, 7) is 0. The predicted octanol–water partition coefficient (Wildman–Crippen LogP) is 3.10. The van der Waals surface area contributed by atoms with Crippen LogP contribution in [0, 0.1) is 4.77 Å². The van der Waals surface area contributed by atoms with Crippen LogP contribution in [0.2, 0.25) is 0 Å². The van der Waals surface area contributed by atoms with Gasteiger partial charge in [-0.05, 0) is 43.3 Å². The summed E-state index contributed by atoms with van der Waals surface area (Å²) < 4.78 is 1.97. The molecule has 2 N–H and O–H groups in total. The van der Waals surface area contributed by atoms with Gasteiger partial charge in [0.25, 0.3) is 5.56 Å². The largest absolute Gasteiger partial charge is 0.494 e. The molecule has 0 spiro atoms. The molecule has 1 aromatic heterocycles. The van der Waals surface area contributed by atoms with Crippen LogP contribution < -0.4 is 5.56 Å². The fourth-order valence-electron chi connectivity index (χ4n) is 2.91. The van der Waals surface area contributed by atoms with E-state index in [0.717, 1.165) is 25.7 Å². The van der Waals surface area contributed by atoms with Crippen LogP contribution in [0.3, 0.4) is 0 Å².